The zero-order valence-corrected chi connectivity index (χ0v) is 17.2. The molecule has 5 heteroatoms. The van der Waals surface area contributed by atoms with E-state index >= 15 is 0 Å². The Bertz CT molecular complexity index is 1230. The van der Waals surface area contributed by atoms with Gasteiger partial charge in [0.1, 0.15) is 0 Å². The number of carbonyl (C=O) groups is 1. The third-order valence-electron chi connectivity index (χ3n) is 4.88. The van der Waals surface area contributed by atoms with Gasteiger partial charge in [-0.3, -0.25) is 0 Å². The van der Waals surface area contributed by atoms with Gasteiger partial charge in [-0.1, -0.05) is 65.7 Å². The summed E-state index contributed by atoms with van der Waals surface area (Å²) in [5, 5.41) is 2.77. The maximum absolute atomic E-state index is 12.5. The van der Waals surface area contributed by atoms with Gasteiger partial charge in [-0.2, -0.15) is 9.73 Å². The Labute approximate surface area is 175 Å². The van der Waals surface area contributed by atoms with Crippen LogP contribution in [0.3, 0.4) is 0 Å². The fourth-order valence-corrected chi connectivity index (χ4v) is 3.23. The van der Waals surface area contributed by atoms with Crippen LogP contribution >= 0.6 is 0 Å². The average molecular weight is 397 g/mol. The molecule has 1 N–H and O–H groups in total. The molecule has 2 amide bonds. The van der Waals surface area contributed by atoms with Crippen molar-refractivity contribution in [2.45, 2.75) is 20.8 Å². The number of para-hydroxylation sites is 1. The number of benzene rings is 3. The molecule has 0 unspecified atom stereocenters. The van der Waals surface area contributed by atoms with E-state index in [-0.39, 0.29) is 5.55 Å². The summed E-state index contributed by atoms with van der Waals surface area (Å²) in [6.07, 6.45) is 0. The second kappa shape index (κ2) is 8.25. The van der Waals surface area contributed by atoms with E-state index in [2.05, 4.69) is 29.4 Å². The van der Waals surface area contributed by atoms with Gasteiger partial charge in [0.05, 0.1) is 11.4 Å². The number of hydrogen-bond donors (Lipinski definition) is 1. The summed E-state index contributed by atoms with van der Waals surface area (Å²) >= 11 is 0. The molecule has 3 aromatic carbocycles. The molecule has 0 radical (unpaired) electrons. The molecule has 4 aromatic rings. The molecule has 0 aliphatic rings. The van der Waals surface area contributed by atoms with Crippen molar-refractivity contribution in [2.24, 2.45) is 4.99 Å². The van der Waals surface area contributed by atoms with Crippen LogP contribution in [0.5, 0.6) is 0 Å². The number of hydrogen-bond acceptors (Lipinski definition) is 2. The number of nitrogens with one attached hydrogen (secondary N) is 1. The van der Waals surface area contributed by atoms with E-state index in [4.69, 9.17) is 4.52 Å². The van der Waals surface area contributed by atoms with Crippen LogP contribution in [-0.2, 0) is 0 Å². The zero-order valence-electron chi connectivity index (χ0n) is 17.2. The molecule has 0 saturated heterocycles. The Balaban J connectivity index is 1.82. The molecular weight excluding hydrogens is 374 g/mol. The second-order valence-corrected chi connectivity index (χ2v) is 7.27. The third-order valence-corrected chi connectivity index (χ3v) is 4.88. The van der Waals surface area contributed by atoms with Gasteiger partial charge in [-0.25, -0.2) is 4.79 Å². The van der Waals surface area contributed by atoms with E-state index in [1.807, 2.05) is 80.6 Å². The summed E-state index contributed by atoms with van der Waals surface area (Å²) in [7, 11) is 0. The van der Waals surface area contributed by atoms with Crippen LogP contribution < -0.4 is 10.9 Å². The summed E-state index contributed by atoms with van der Waals surface area (Å²) in [5.41, 5.74) is 6.81. The first-order valence-electron chi connectivity index (χ1n) is 9.79. The quantitative estimate of drug-likeness (QED) is 0.475. The van der Waals surface area contributed by atoms with Crippen molar-refractivity contribution >= 4 is 11.7 Å². The lowest BCUT2D eigenvalue weighted by Gasteiger charge is -2.08. The number of nitrogens with zero attached hydrogens (tertiary/aromatic N) is 2. The number of carbonyl (C=O) groups excluding carboxylic acids is 1. The Morgan fingerprint density at radius 3 is 2.07 bits per heavy atom. The lowest BCUT2D eigenvalue weighted by Crippen LogP contribution is -2.12. The lowest BCUT2D eigenvalue weighted by atomic mass is 10.1. The molecule has 30 heavy (non-hydrogen) atoms. The van der Waals surface area contributed by atoms with E-state index in [0.717, 1.165) is 28.1 Å². The number of rotatable bonds is 3. The minimum absolute atomic E-state index is 0.277. The predicted octanol–water partition coefficient (Wildman–Crippen LogP) is 5.80. The van der Waals surface area contributed by atoms with Gasteiger partial charge in [-0.05, 0) is 45.0 Å². The number of aryl methyl sites for hydroxylation is 2. The van der Waals surface area contributed by atoms with Gasteiger partial charge in [0, 0.05) is 16.8 Å². The normalized spacial score (nSPS) is 11.5. The van der Waals surface area contributed by atoms with Crippen molar-refractivity contribution < 1.29 is 9.32 Å². The van der Waals surface area contributed by atoms with Crippen LogP contribution in [0.4, 0.5) is 10.5 Å². The standard InChI is InChI=1S/C25H23N3O2/c1-17-9-13-20(14-10-17)23-19(3)24(27-25(29)26-21-7-5-4-6-8-21)30-28(23)22-15-11-18(2)12-16-22/h4-16H,1-3H3,(H,26,29)/b27-24+. The van der Waals surface area contributed by atoms with Crippen LogP contribution in [0.2, 0.25) is 0 Å². The molecule has 0 saturated carbocycles. The Morgan fingerprint density at radius 1 is 0.833 bits per heavy atom. The molecule has 0 spiro atoms. The summed E-state index contributed by atoms with van der Waals surface area (Å²) < 4.78 is 7.78. The smallest absolute Gasteiger partial charge is 0.348 e. The van der Waals surface area contributed by atoms with Crippen LogP contribution in [-0.4, -0.2) is 10.8 Å². The fourth-order valence-electron chi connectivity index (χ4n) is 3.23. The highest BCUT2D eigenvalue weighted by atomic mass is 16.5. The van der Waals surface area contributed by atoms with Gasteiger partial charge < -0.3 is 9.84 Å². The molecule has 0 aliphatic carbocycles. The van der Waals surface area contributed by atoms with Crippen molar-refractivity contribution in [3.05, 3.63) is 101 Å². The summed E-state index contributed by atoms with van der Waals surface area (Å²) in [6, 6.07) is 25.0. The molecule has 0 atom stereocenters. The zero-order chi connectivity index (χ0) is 21.1. The minimum atomic E-state index is -0.482. The van der Waals surface area contributed by atoms with E-state index in [1.54, 1.807) is 4.74 Å². The molecule has 0 fully saturated rings. The first-order valence-corrected chi connectivity index (χ1v) is 9.79. The first-order chi connectivity index (χ1) is 14.5. The summed E-state index contributed by atoms with van der Waals surface area (Å²) in [5.74, 6) is 0. The van der Waals surface area contributed by atoms with Gasteiger partial charge in [-0.15, -0.1) is 0 Å². The van der Waals surface area contributed by atoms with E-state index in [9.17, 15) is 4.79 Å². The first kappa shape index (κ1) is 19.5. The maximum Gasteiger partial charge on any atom is 0.348 e. The third kappa shape index (κ3) is 4.10. The van der Waals surface area contributed by atoms with Crippen LogP contribution in [0, 0.1) is 20.8 Å². The summed E-state index contributed by atoms with van der Waals surface area (Å²) in [4.78, 5) is 16.7. The highest BCUT2D eigenvalue weighted by molar-refractivity contribution is 5.89. The average Bonchev–Trinajstić information content (AvgIpc) is 3.06. The van der Waals surface area contributed by atoms with Gasteiger partial charge in [0.25, 0.3) is 5.55 Å². The maximum atomic E-state index is 12.5. The largest absolute Gasteiger partial charge is 0.354 e. The Morgan fingerprint density at radius 2 is 1.43 bits per heavy atom. The van der Waals surface area contributed by atoms with Gasteiger partial charge in [0.15, 0.2) is 0 Å². The van der Waals surface area contributed by atoms with Crippen molar-refractivity contribution in [1.29, 1.82) is 0 Å². The number of aromatic nitrogens is 1. The highest BCUT2D eigenvalue weighted by Crippen LogP contribution is 2.26. The molecule has 1 heterocycles. The molecule has 1 aromatic heterocycles. The van der Waals surface area contributed by atoms with E-state index < -0.39 is 6.03 Å². The van der Waals surface area contributed by atoms with Crippen LogP contribution in [0.15, 0.2) is 88.4 Å². The van der Waals surface area contributed by atoms with Crippen molar-refractivity contribution in [2.75, 3.05) is 5.32 Å². The lowest BCUT2D eigenvalue weighted by molar-refractivity contribution is 0.255. The molecule has 5 nitrogen and oxygen atoms in total. The monoisotopic (exact) mass is 397 g/mol. The molecule has 4 rings (SSSR count). The van der Waals surface area contributed by atoms with Crippen molar-refractivity contribution in [3.63, 3.8) is 0 Å². The van der Waals surface area contributed by atoms with Gasteiger partial charge >= 0.3 is 6.03 Å². The van der Waals surface area contributed by atoms with Crippen molar-refractivity contribution in [3.8, 4) is 16.9 Å². The molecule has 0 aliphatic heterocycles. The Hall–Kier alpha value is -3.86. The van der Waals surface area contributed by atoms with E-state index in [0.29, 0.717) is 5.69 Å². The van der Waals surface area contributed by atoms with Crippen LogP contribution in [0.25, 0.3) is 16.9 Å². The number of anilines is 1. The SMILES string of the molecule is Cc1ccc(-c2c(C)/c(=N\C(=O)Nc3ccccc3)on2-c2ccc(C)cc2)cc1. The molecule has 150 valence electrons. The summed E-state index contributed by atoms with van der Waals surface area (Å²) in [6.45, 7) is 6.00. The van der Waals surface area contributed by atoms with E-state index in [1.165, 1.54) is 5.56 Å². The Kier molecular flexibility index (Phi) is 5.35. The highest BCUT2D eigenvalue weighted by Gasteiger charge is 2.17. The van der Waals surface area contributed by atoms with Crippen LogP contribution in [0.1, 0.15) is 16.7 Å². The second-order valence-electron chi connectivity index (χ2n) is 7.27. The predicted molar refractivity (Wildman–Crippen MR) is 119 cm³/mol. The van der Waals surface area contributed by atoms with Crippen molar-refractivity contribution in [1.82, 2.24) is 4.74 Å². The van der Waals surface area contributed by atoms with Gasteiger partial charge in [0.2, 0.25) is 0 Å². The molecule has 0 bridgehead atoms. The minimum Gasteiger partial charge on any atom is -0.354 e. The number of amides is 2. The number of urea groups is 1. The fraction of sp³-hybridized carbons (Fsp3) is 0.120. The molecular formula is C25H23N3O2. The topological polar surface area (TPSA) is 59.5 Å².